The average Bonchev–Trinajstić information content (AvgIpc) is 3.50. The van der Waals surface area contributed by atoms with E-state index < -0.39 is 6.10 Å². The minimum atomic E-state index is -0.783. The van der Waals surface area contributed by atoms with Gasteiger partial charge in [-0.2, -0.15) is 0 Å². The monoisotopic (exact) mass is 1160 g/mol. The molecule has 0 saturated heterocycles. The largest absolute Gasteiger partial charge is 0.462 e. The van der Waals surface area contributed by atoms with Crippen molar-refractivity contribution in [2.75, 3.05) is 13.2 Å². The van der Waals surface area contributed by atoms with E-state index in [4.69, 9.17) is 14.2 Å². The van der Waals surface area contributed by atoms with Crippen molar-refractivity contribution in [1.82, 2.24) is 0 Å². The fourth-order valence-corrected chi connectivity index (χ4v) is 11.0. The normalized spacial score (nSPS) is 12.4. The SMILES string of the molecule is CC/C=C\C/C=C\C/C=C\CCCCCCCC(=O)OCC(COC(=O)CCCCCCCCCCCCCCCCCCCCC/C=C\CCCCCCCCCC)OC(=O)CCCCCCCCCCC/C=C\CCCCCCCC. The smallest absolute Gasteiger partial charge is 0.306 e. The van der Waals surface area contributed by atoms with Crippen molar-refractivity contribution in [2.24, 2.45) is 0 Å². The maximum atomic E-state index is 13.0. The van der Waals surface area contributed by atoms with Crippen molar-refractivity contribution >= 4 is 17.9 Å². The fourth-order valence-electron chi connectivity index (χ4n) is 11.0. The van der Waals surface area contributed by atoms with Gasteiger partial charge in [0.05, 0.1) is 0 Å². The van der Waals surface area contributed by atoms with Crippen LogP contribution in [0, 0.1) is 0 Å². The molecular formula is C77H140O6. The van der Waals surface area contributed by atoms with Crippen LogP contribution >= 0.6 is 0 Å². The second-order valence-electron chi connectivity index (χ2n) is 24.8. The Morgan fingerprint density at radius 3 is 0.747 bits per heavy atom. The number of rotatable bonds is 68. The van der Waals surface area contributed by atoms with E-state index in [-0.39, 0.29) is 31.1 Å². The summed E-state index contributed by atoms with van der Waals surface area (Å²) in [7, 11) is 0. The van der Waals surface area contributed by atoms with E-state index in [0.29, 0.717) is 19.3 Å². The standard InChI is InChI=1S/C77H140O6/c1-4-7-10-13-16-19-22-25-28-30-32-33-34-35-36-37-38-39-40-41-42-43-45-46-49-52-55-58-61-64-67-70-76(79)82-73-74(72-81-75(78)69-66-63-60-57-54-51-48-27-24-21-18-15-12-9-6-3)83-77(80)71-68-65-62-59-56-53-50-47-44-31-29-26-23-20-17-14-11-8-5-2/h9,12,18,21,26-27,29-30,32,48,74H,4-8,10-11,13-17,19-20,22-25,28,31,33-47,49-73H2,1-3H3/b12-9-,21-18-,29-26-,32-30-,48-27-. The summed E-state index contributed by atoms with van der Waals surface area (Å²) >= 11 is 0. The van der Waals surface area contributed by atoms with Crippen LogP contribution in [0.4, 0.5) is 0 Å². The molecule has 0 radical (unpaired) electrons. The van der Waals surface area contributed by atoms with Crippen molar-refractivity contribution in [1.29, 1.82) is 0 Å². The molecule has 0 spiro atoms. The van der Waals surface area contributed by atoms with E-state index in [2.05, 4.69) is 81.5 Å². The first-order chi connectivity index (χ1) is 41.0. The molecule has 0 heterocycles. The van der Waals surface area contributed by atoms with Crippen LogP contribution in [0.5, 0.6) is 0 Å². The Balaban J connectivity index is 4.20. The lowest BCUT2D eigenvalue weighted by Gasteiger charge is -2.18. The Morgan fingerprint density at radius 1 is 0.253 bits per heavy atom. The van der Waals surface area contributed by atoms with Gasteiger partial charge in [-0.25, -0.2) is 0 Å². The number of carbonyl (C=O) groups excluding carboxylic acids is 3. The van der Waals surface area contributed by atoms with Gasteiger partial charge in [-0.3, -0.25) is 14.4 Å². The third kappa shape index (κ3) is 69.8. The molecule has 6 nitrogen and oxygen atoms in total. The zero-order valence-electron chi connectivity index (χ0n) is 55.7. The summed E-state index contributed by atoms with van der Waals surface area (Å²) in [5.41, 5.74) is 0. The van der Waals surface area contributed by atoms with Crippen molar-refractivity contribution < 1.29 is 28.6 Å². The second kappa shape index (κ2) is 71.6. The third-order valence-corrected chi connectivity index (χ3v) is 16.5. The molecule has 0 aliphatic carbocycles. The maximum Gasteiger partial charge on any atom is 0.306 e. The summed E-state index contributed by atoms with van der Waals surface area (Å²) in [5.74, 6) is -0.873. The van der Waals surface area contributed by atoms with Gasteiger partial charge < -0.3 is 14.2 Å². The first-order valence-electron chi connectivity index (χ1n) is 36.8. The van der Waals surface area contributed by atoms with E-state index in [1.165, 1.54) is 257 Å². The molecule has 0 amide bonds. The quantitative estimate of drug-likeness (QED) is 0.0261. The third-order valence-electron chi connectivity index (χ3n) is 16.5. The summed E-state index contributed by atoms with van der Waals surface area (Å²) in [5, 5.41) is 0. The number of esters is 3. The highest BCUT2D eigenvalue weighted by Gasteiger charge is 2.19. The van der Waals surface area contributed by atoms with Crippen LogP contribution in [-0.2, 0) is 28.6 Å². The highest BCUT2D eigenvalue weighted by Crippen LogP contribution is 2.18. The van der Waals surface area contributed by atoms with Crippen LogP contribution in [0.3, 0.4) is 0 Å². The molecule has 484 valence electrons. The van der Waals surface area contributed by atoms with Crippen LogP contribution in [0.25, 0.3) is 0 Å². The van der Waals surface area contributed by atoms with E-state index >= 15 is 0 Å². The molecule has 0 fully saturated rings. The Bertz CT molecular complexity index is 1470. The second-order valence-corrected chi connectivity index (χ2v) is 24.8. The summed E-state index contributed by atoms with van der Waals surface area (Å²) < 4.78 is 17.0. The van der Waals surface area contributed by atoms with Crippen LogP contribution in [0.2, 0.25) is 0 Å². The lowest BCUT2D eigenvalue weighted by Crippen LogP contribution is -2.30. The van der Waals surface area contributed by atoms with Crippen LogP contribution in [0.1, 0.15) is 393 Å². The van der Waals surface area contributed by atoms with Crippen molar-refractivity contribution in [3.05, 3.63) is 60.8 Å². The predicted molar refractivity (Wildman–Crippen MR) is 362 cm³/mol. The van der Waals surface area contributed by atoms with Gasteiger partial charge in [0.25, 0.3) is 0 Å². The minimum Gasteiger partial charge on any atom is -0.462 e. The average molecular weight is 1160 g/mol. The molecule has 0 aromatic carbocycles. The van der Waals surface area contributed by atoms with E-state index in [1.54, 1.807) is 0 Å². The molecule has 0 N–H and O–H groups in total. The van der Waals surface area contributed by atoms with Crippen LogP contribution in [-0.4, -0.2) is 37.2 Å². The molecule has 1 atom stereocenters. The number of allylic oxidation sites excluding steroid dienone is 10. The van der Waals surface area contributed by atoms with E-state index in [0.717, 1.165) is 96.3 Å². The zero-order chi connectivity index (χ0) is 59.9. The number of carbonyl (C=O) groups is 3. The number of unbranched alkanes of at least 4 members (excludes halogenated alkanes) is 47. The van der Waals surface area contributed by atoms with Gasteiger partial charge in [0, 0.05) is 19.3 Å². The molecule has 0 saturated carbocycles. The summed E-state index contributed by atoms with van der Waals surface area (Å²) in [6.45, 7) is 6.57. The number of hydrogen-bond donors (Lipinski definition) is 0. The van der Waals surface area contributed by atoms with Crippen molar-refractivity contribution in [3.8, 4) is 0 Å². The zero-order valence-corrected chi connectivity index (χ0v) is 55.7. The molecule has 0 aliphatic heterocycles. The summed E-state index contributed by atoms with van der Waals surface area (Å²) in [4.78, 5) is 38.5. The van der Waals surface area contributed by atoms with E-state index in [9.17, 15) is 14.4 Å². The Kier molecular flexibility index (Phi) is 69.1. The fraction of sp³-hybridized carbons (Fsp3) is 0.831. The Hall–Kier alpha value is -2.89. The highest BCUT2D eigenvalue weighted by molar-refractivity contribution is 5.71. The van der Waals surface area contributed by atoms with Gasteiger partial charge >= 0.3 is 17.9 Å². The molecule has 0 aromatic heterocycles. The van der Waals surface area contributed by atoms with Gasteiger partial charge in [-0.1, -0.05) is 332 Å². The highest BCUT2D eigenvalue weighted by atomic mass is 16.6. The van der Waals surface area contributed by atoms with Crippen molar-refractivity contribution in [2.45, 2.75) is 399 Å². The first-order valence-corrected chi connectivity index (χ1v) is 36.8. The van der Waals surface area contributed by atoms with E-state index in [1.807, 2.05) is 0 Å². The molecular weight excluding hydrogens is 1020 g/mol. The first kappa shape index (κ1) is 80.1. The molecule has 0 bridgehead atoms. The molecule has 0 aliphatic rings. The van der Waals surface area contributed by atoms with Gasteiger partial charge in [-0.05, 0) is 103 Å². The van der Waals surface area contributed by atoms with Gasteiger partial charge in [-0.15, -0.1) is 0 Å². The van der Waals surface area contributed by atoms with Gasteiger partial charge in [0.15, 0.2) is 6.10 Å². The number of hydrogen-bond acceptors (Lipinski definition) is 6. The Morgan fingerprint density at radius 2 is 0.470 bits per heavy atom. The molecule has 6 heteroatoms. The Labute approximate surface area is 517 Å². The van der Waals surface area contributed by atoms with Crippen LogP contribution in [0.15, 0.2) is 60.8 Å². The molecule has 0 aromatic rings. The van der Waals surface area contributed by atoms with Gasteiger partial charge in [0.1, 0.15) is 13.2 Å². The molecule has 83 heavy (non-hydrogen) atoms. The molecule has 1 unspecified atom stereocenters. The van der Waals surface area contributed by atoms with Gasteiger partial charge in [0.2, 0.25) is 0 Å². The van der Waals surface area contributed by atoms with Crippen molar-refractivity contribution in [3.63, 3.8) is 0 Å². The number of ether oxygens (including phenoxy) is 3. The molecule has 0 rings (SSSR count). The topological polar surface area (TPSA) is 78.9 Å². The summed E-state index contributed by atoms with van der Waals surface area (Å²) in [6.07, 6.45) is 92.7. The lowest BCUT2D eigenvalue weighted by molar-refractivity contribution is -0.167. The lowest BCUT2D eigenvalue weighted by atomic mass is 10.0. The minimum absolute atomic E-state index is 0.0770. The summed E-state index contributed by atoms with van der Waals surface area (Å²) in [6, 6.07) is 0. The predicted octanol–water partition coefficient (Wildman–Crippen LogP) is 25.5. The maximum absolute atomic E-state index is 13.0. The van der Waals surface area contributed by atoms with Crippen LogP contribution < -0.4 is 0 Å².